The molecule has 1 aromatic rings. The Morgan fingerprint density at radius 1 is 1.27 bits per heavy atom. The van der Waals surface area contributed by atoms with E-state index in [0.717, 1.165) is 6.42 Å². The Hall–Kier alpha value is -1.65. The first-order valence-electron chi connectivity index (χ1n) is 7.82. The SMILES string of the molecule is CC(Cc1ccccc1)[C@@H](C)CNC(=O)N1CCC(F)(F)C1. The number of amides is 2. The van der Waals surface area contributed by atoms with Crippen LogP contribution in [0.15, 0.2) is 30.3 Å². The first kappa shape index (κ1) is 16.7. The highest BCUT2D eigenvalue weighted by molar-refractivity contribution is 5.74. The highest BCUT2D eigenvalue weighted by Gasteiger charge is 2.40. The Kier molecular flexibility index (Phi) is 5.37. The monoisotopic (exact) mass is 310 g/mol. The number of nitrogens with zero attached hydrogens (tertiary/aromatic N) is 1. The van der Waals surface area contributed by atoms with E-state index in [1.165, 1.54) is 10.5 Å². The number of carbonyl (C=O) groups is 1. The van der Waals surface area contributed by atoms with Gasteiger partial charge in [0.1, 0.15) is 0 Å². The summed E-state index contributed by atoms with van der Waals surface area (Å²) in [5, 5.41) is 2.78. The molecule has 0 aromatic heterocycles. The fraction of sp³-hybridized carbons (Fsp3) is 0.588. The van der Waals surface area contributed by atoms with E-state index >= 15 is 0 Å². The summed E-state index contributed by atoms with van der Waals surface area (Å²) in [5.41, 5.74) is 1.27. The summed E-state index contributed by atoms with van der Waals surface area (Å²) in [7, 11) is 0. The van der Waals surface area contributed by atoms with E-state index in [4.69, 9.17) is 0 Å². The lowest BCUT2D eigenvalue weighted by molar-refractivity contribution is 0.0153. The molecule has 0 radical (unpaired) electrons. The molecule has 1 N–H and O–H groups in total. The molecule has 2 atom stereocenters. The summed E-state index contributed by atoms with van der Waals surface area (Å²) in [5.74, 6) is -2.04. The van der Waals surface area contributed by atoms with Crippen molar-refractivity contribution in [2.24, 2.45) is 11.8 Å². The molecule has 1 aliphatic heterocycles. The first-order valence-corrected chi connectivity index (χ1v) is 7.82. The summed E-state index contributed by atoms with van der Waals surface area (Å²) < 4.78 is 26.2. The standard InChI is InChI=1S/C17H24F2N2O/c1-13(10-15-6-4-3-5-7-15)14(2)11-20-16(22)21-9-8-17(18,19)12-21/h3-7,13-14H,8-12H2,1-2H3,(H,20,22)/t13?,14-/m0/s1. The predicted octanol–water partition coefficient (Wildman–Crippen LogP) is 3.55. The number of nitrogens with one attached hydrogen (secondary N) is 1. The highest BCUT2D eigenvalue weighted by Crippen LogP contribution is 2.26. The van der Waals surface area contributed by atoms with Crippen molar-refractivity contribution in [1.82, 2.24) is 10.2 Å². The molecular weight excluding hydrogens is 286 g/mol. The topological polar surface area (TPSA) is 32.3 Å². The minimum atomic E-state index is -2.73. The fourth-order valence-electron chi connectivity index (χ4n) is 2.66. The van der Waals surface area contributed by atoms with Gasteiger partial charge in [0.05, 0.1) is 6.54 Å². The third-order valence-corrected chi connectivity index (χ3v) is 4.40. The number of alkyl halides is 2. The largest absolute Gasteiger partial charge is 0.338 e. The number of hydrogen-bond acceptors (Lipinski definition) is 1. The van der Waals surface area contributed by atoms with E-state index in [0.29, 0.717) is 12.5 Å². The molecule has 2 amide bonds. The van der Waals surface area contributed by atoms with E-state index in [2.05, 4.69) is 31.3 Å². The van der Waals surface area contributed by atoms with Gasteiger partial charge in [-0.1, -0.05) is 44.2 Å². The average molecular weight is 310 g/mol. The van der Waals surface area contributed by atoms with Crippen LogP contribution in [0.25, 0.3) is 0 Å². The zero-order valence-corrected chi connectivity index (χ0v) is 13.2. The van der Waals surface area contributed by atoms with Gasteiger partial charge in [0.25, 0.3) is 5.92 Å². The van der Waals surface area contributed by atoms with Crippen molar-refractivity contribution in [3.8, 4) is 0 Å². The molecule has 0 saturated carbocycles. The van der Waals surface area contributed by atoms with Gasteiger partial charge < -0.3 is 10.2 Å². The maximum Gasteiger partial charge on any atom is 0.317 e. The maximum absolute atomic E-state index is 13.1. The van der Waals surface area contributed by atoms with Crippen LogP contribution in [0, 0.1) is 11.8 Å². The zero-order chi connectivity index (χ0) is 16.2. The molecule has 22 heavy (non-hydrogen) atoms. The molecule has 5 heteroatoms. The molecule has 0 aliphatic carbocycles. The molecule has 1 unspecified atom stereocenters. The van der Waals surface area contributed by atoms with E-state index in [-0.39, 0.29) is 24.9 Å². The Balaban J connectivity index is 1.75. The summed E-state index contributed by atoms with van der Waals surface area (Å²) in [4.78, 5) is 13.1. The molecule has 122 valence electrons. The van der Waals surface area contributed by atoms with E-state index in [1.54, 1.807) is 0 Å². The van der Waals surface area contributed by atoms with Crippen molar-refractivity contribution in [2.45, 2.75) is 32.6 Å². The minimum Gasteiger partial charge on any atom is -0.338 e. The number of likely N-dealkylation sites (tertiary alicyclic amines) is 1. The quantitative estimate of drug-likeness (QED) is 0.886. The number of carbonyl (C=O) groups excluding carboxylic acids is 1. The van der Waals surface area contributed by atoms with Gasteiger partial charge in [-0.3, -0.25) is 0 Å². The number of benzene rings is 1. The molecule has 1 aliphatic rings. The van der Waals surface area contributed by atoms with Crippen LogP contribution >= 0.6 is 0 Å². The van der Waals surface area contributed by atoms with Gasteiger partial charge in [0.15, 0.2) is 0 Å². The van der Waals surface area contributed by atoms with Crippen molar-refractivity contribution < 1.29 is 13.6 Å². The van der Waals surface area contributed by atoms with Crippen LogP contribution in [0.4, 0.5) is 13.6 Å². The highest BCUT2D eigenvalue weighted by atomic mass is 19.3. The molecule has 0 spiro atoms. The second-order valence-electron chi connectivity index (χ2n) is 6.36. The van der Waals surface area contributed by atoms with Crippen LogP contribution in [-0.2, 0) is 6.42 Å². The Bertz CT molecular complexity index is 493. The summed E-state index contributed by atoms with van der Waals surface area (Å²) in [6, 6.07) is 9.83. The molecule has 1 aromatic carbocycles. The van der Waals surface area contributed by atoms with Gasteiger partial charge in [-0.15, -0.1) is 0 Å². The van der Waals surface area contributed by atoms with Crippen molar-refractivity contribution in [3.05, 3.63) is 35.9 Å². The normalized spacial score (nSPS) is 19.7. The van der Waals surface area contributed by atoms with Gasteiger partial charge in [-0.25, -0.2) is 13.6 Å². The van der Waals surface area contributed by atoms with Crippen molar-refractivity contribution >= 4 is 6.03 Å². The lowest BCUT2D eigenvalue weighted by Gasteiger charge is -2.23. The number of urea groups is 1. The van der Waals surface area contributed by atoms with Gasteiger partial charge in [-0.2, -0.15) is 0 Å². The van der Waals surface area contributed by atoms with E-state index < -0.39 is 12.5 Å². The fourth-order valence-corrected chi connectivity index (χ4v) is 2.66. The zero-order valence-electron chi connectivity index (χ0n) is 13.2. The van der Waals surface area contributed by atoms with Crippen LogP contribution in [-0.4, -0.2) is 36.5 Å². The lowest BCUT2D eigenvalue weighted by Crippen LogP contribution is -2.42. The lowest BCUT2D eigenvalue weighted by atomic mass is 9.89. The van der Waals surface area contributed by atoms with E-state index in [9.17, 15) is 13.6 Å². The third kappa shape index (κ3) is 4.68. The van der Waals surface area contributed by atoms with Crippen LogP contribution in [0.1, 0.15) is 25.8 Å². The Morgan fingerprint density at radius 2 is 1.95 bits per heavy atom. The van der Waals surface area contributed by atoms with Crippen molar-refractivity contribution in [3.63, 3.8) is 0 Å². The minimum absolute atomic E-state index is 0.132. The summed E-state index contributed by atoms with van der Waals surface area (Å²) >= 11 is 0. The number of rotatable bonds is 5. The average Bonchev–Trinajstić information content (AvgIpc) is 2.85. The van der Waals surface area contributed by atoms with Gasteiger partial charge in [0.2, 0.25) is 0 Å². The number of halogens is 2. The van der Waals surface area contributed by atoms with Gasteiger partial charge in [0, 0.05) is 19.5 Å². The van der Waals surface area contributed by atoms with Crippen LogP contribution in [0.3, 0.4) is 0 Å². The molecule has 2 rings (SSSR count). The number of hydrogen-bond donors (Lipinski definition) is 1. The third-order valence-electron chi connectivity index (χ3n) is 4.40. The smallest absolute Gasteiger partial charge is 0.317 e. The van der Waals surface area contributed by atoms with Crippen LogP contribution < -0.4 is 5.32 Å². The first-order chi connectivity index (χ1) is 10.4. The van der Waals surface area contributed by atoms with Gasteiger partial charge >= 0.3 is 6.03 Å². The molecule has 1 fully saturated rings. The maximum atomic E-state index is 13.1. The van der Waals surface area contributed by atoms with E-state index in [1.807, 2.05) is 18.2 Å². The summed E-state index contributed by atoms with van der Waals surface area (Å²) in [6.07, 6.45) is 0.708. The predicted molar refractivity (Wildman–Crippen MR) is 83.0 cm³/mol. The second-order valence-corrected chi connectivity index (χ2v) is 6.36. The summed E-state index contributed by atoms with van der Waals surface area (Å²) in [6.45, 7) is 4.40. The Labute approximate surface area is 130 Å². The second kappa shape index (κ2) is 7.07. The van der Waals surface area contributed by atoms with Crippen LogP contribution in [0.5, 0.6) is 0 Å². The molecule has 3 nitrogen and oxygen atoms in total. The molecule has 0 bridgehead atoms. The molecule has 1 heterocycles. The van der Waals surface area contributed by atoms with Crippen LogP contribution in [0.2, 0.25) is 0 Å². The Morgan fingerprint density at radius 3 is 2.55 bits per heavy atom. The molecule has 1 saturated heterocycles. The van der Waals surface area contributed by atoms with Crippen molar-refractivity contribution in [1.29, 1.82) is 0 Å². The van der Waals surface area contributed by atoms with Crippen molar-refractivity contribution in [2.75, 3.05) is 19.6 Å². The molecular formula is C17H24F2N2O. The van der Waals surface area contributed by atoms with Gasteiger partial charge in [-0.05, 0) is 23.8 Å².